The molecule has 3 N–H and O–H groups in total. The molecule has 102 valence electrons. The highest BCUT2D eigenvalue weighted by molar-refractivity contribution is 5.41. The minimum absolute atomic E-state index is 0.0142. The van der Waals surface area contributed by atoms with Gasteiger partial charge >= 0.3 is 6.18 Å². The van der Waals surface area contributed by atoms with Gasteiger partial charge in [0.25, 0.3) is 0 Å². The summed E-state index contributed by atoms with van der Waals surface area (Å²) in [4.78, 5) is 6.93. The van der Waals surface area contributed by atoms with Crippen LogP contribution >= 0.6 is 0 Å². The third kappa shape index (κ3) is 4.38. The van der Waals surface area contributed by atoms with E-state index in [4.69, 9.17) is 5.73 Å². The van der Waals surface area contributed by atoms with Crippen LogP contribution in [0.5, 0.6) is 0 Å². The van der Waals surface area contributed by atoms with Crippen LogP contribution in [0, 0.1) is 5.92 Å². The van der Waals surface area contributed by atoms with Gasteiger partial charge < -0.3 is 11.1 Å². The van der Waals surface area contributed by atoms with Crippen LogP contribution < -0.4 is 11.1 Å². The number of nitrogens with zero attached hydrogens (tertiary/aromatic N) is 2. The zero-order chi connectivity index (χ0) is 13.9. The van der Waals surface area contributed by atoms with E-state index in [0.29, 0.717) is 5.92 Å². The summed E-state index contributed by atoms with van der Waals surface area (Å²) in [6.45, 7) is 5.95. The van der Waals surface area contributed by atoms with E-state index in [0.717, 1.165) is 12.5 Å². The number of nitrogen functional groups attached to an aromatic ring is 1. The van der Waals surface area contributed by atoms with Crippen LogP contribution in [0.15, 0.2) is 6.07 Å². The van der Waals surface area contributed by atoms with Gasteiger partial charge in [-0.05, 0) is 19.3 Å². The maximum absolute atomic E-state index is 12.5. The minimum atomic E-state index is -4.52. The van der Waals surface area contributed by atoms with Gasteiger partial charge in [-0.3, -0.25) is 0 Å². The molecule has 0 aliphatic rings. The number of rotatable bonds is 4. The quantitative estimate of drug-likeness (QED) is 0.875. The van der Waals surface area contributed by atoms with Crippen LogP contribution in [0.3, 0.4) is 0 Å². The predicted octanol–water partition coefficient (Wildman–Crippen LogP) is 2.92. The van der Waals surface area contributed by atoms with Crippen molar-refractivity contribution < 1.29 is 13.2 Å². The van der Waals surface area contributed by atoms with Crippen molar-refractivity contribution in [3.05, 3.63) is 11.8 Å². The van der Waals surface area contributed by atoms with Crippen molar-refractivity contribution in [2.45, 2.75) is 39.4 Å². The van der Waals surface area contributed by atoms with Crippen molar-refractivity contribution in [3.63, 3.8) is 0 Å². The molecule has 0 spiro atoms. The lowest BCUT2D eigenvalue weighted by atomic mass is 10.1. The number of halogens is 3. The van der Waals surface area contributed by atoms with E-state index in [1.54, 1.807) is 0 Å². The van der Waals surface area contributed by atoms with E-state index in [-0.39, 0.29) is 17.8 Å². The Kier molecular flexibility index (Phi) is 4.37. The average molecular weight is 262 g/mol. The molecule has 4 nitrogen and oxygen atoms in total. The van der Waals surface area contributed by atoms with E-state index >= 15 is 0 Å². The Labute approximate surface area is 104 Å². The molecule has 0 fully saturated rings. The molecule has 0 saturated carbocycles. The van der Waals surface area contributed by atoms with Gasteiger partial charge in [0.15, 0.2) is 5.69 Å². The first-order chi connectivity index (χ1) is 8.18. The summed E-state index contributed by atoms with van der Waals surface area (Å²) < 4.78 is 37.6. The molecule has 1 heterocycles. The molecule has 1 unspecified atom stereocenters. The van der Waals surface area contributed by atoms with E-state index in [1.807, 2.05) is 20.8 Å². The second-order valence-electron chi connectivity index (χ2n) is 4.67. The molecule has 1 rings (SSSR count). The zero-order valence-corrected chi connectivity index (χ0v) is 10.5. The van der Waals surface area contributed by atoms with Gasteiger partial charge in [0, 0.05) is 12.1 Å². The summed E-state index contributed by atoms with van der Waals surface area (Å²) in [5, 5.41) is 2.90. The van der Waals surface area contributed by atoms with Crippen LogP contribution in [0.25, 0.3) is 0 Å². The lowest BCUT2D eigenvalue weighted by molar-refractivity contribution is -0.141. The first-order valence-corrected chi connectivity index (χ1v) is 5.66. The molecular formula is C11H17F3N4. The Hall–Kier alpha value is -1.53. The average Bonchev–Trinajstić information content (AvgIpc) is 2.13. The van der Waals surface area contributed by atoms with Gasteiger partial charge in [-0.25, -0.2) is 4.98 Å². The van der Waals surface area contributed by atoms with Crippen molar-refractivity contribution in [2.24, 2.45) is 5.92 Å². The fourth-order valence-corrected chi connectivity index (χ4v) is 1.70. The summed E-state index contributed by atoms with van der Waals surface area (Å²) in [7, 11) is 0. The molecule has 0 amide bonds. The summed E-state index contributed by atoms with van der Waals surface area (Å²) in [6, 6.07) is 0.882. The number of alkyl halides is 3. The fourth-order valence-electron chi connectivity index (χ4n) is 1.70. The number of nitrogens with one attached hydrogen (secondary N) is 1. The first-order valence-electron chi connectivity index (χ1n) is 5.66. The van der Waals surface area contributed by atoms with Gasteiger partial charge in [0.05, 0.1) is 0 Å². The standard InChI is InChI=1S/C11H17F3N4/c1-6(2)4-7(3)16-9-5-8(11(12,13)14)17-10(15)18-9/h5-7H,4H2,1-3H3,(H3,15,16,17,18). The van der Waals surface area contributed by atoms with Gasteiger partial charge in [-0.1, -0.05) is 13.8 Å². The lowest BCUT2D eigenvalue weighted by Gasteiger charge is -2.17. The van der Waals surface area contributed by atoms with E-state index in [1.165, 1.54) is 0 Å². The molecule has 0 aromatic carbocycles. The third-order valence-electron chi connectivity index (χ3n) is 2.25. The van der Waals surface area contributed by atoms with E-state index in [9.17, 15) is 13.2 Å². The molecule has 0 saturated heterocycles. The topological polar surface area (TPSA) is 63.8 Å². The maximum atomic E-state index is 12.5. The number of hydrogen-bond donors (Lipinski definition) is 2. The van der Waals surface area contributed by atoms with Crippen LogP contribution in [0.2, 0.25) is 0 Å². The van der Waals surface area contributed by atoms with Crippen molar-refractivity contribution in [2.75, 3.05) is 11.1 Å². The molecule has 0 aliphatic heterocycles. The van der Waals surface area contributed by atoms with Gasteiger partial charge in [0.2, 0.25) is 5.95 Å². The Morgan fingerprint density at radius 3 is 2.39 bits per heavy atom. The minimum Gasteiger partial charge on any atom is -0.368 e. The highest BCUT2D eigenvalue weighted by atomic mass is 19.4. The summed E-state index contributed by atoms with van der Waals surface area (Å²) in [5.74, 6) is 0.154. The van der Waals surface area contributed by atoms with Crippen LogP contribution in [0.1, 0.15) is 32.9 Å². The molecule has 0 radical (unpaired) electrons. The fraction of sp³-hybridized carbons (Fsp3) is 0.636. The Morgan fingerprint density at radius 1 is 1.28 bits per heavy atom. The van der Waals surface area contributed by atoms with Gasteiger partial charge in [-0.15, -0.1) is 0 Å². The molecule has 0 aliphatic carbocycles. The van der Waals surface area contributed by atoms with Crippen molar-refractivity contribution >= 4 is 11.8 Å². The first kappa shape index (κ1) is 14.5. The number of nitrogens with two attached hydrogens (primary N) is 1. The lowest BCUT2D eigenvalue weighted by Crippen LogP contribution is -2.20. The molecule has 1 aromatic rings. The molecular weight excluding hydrogens is 245 g/mol. The second-order valence-corrected chi connectivity index (χ2v) is 4.67. The molecule has 0 bridgehead atoms. The molecule has 18 heavy (non-hydrogen) atoms. The SMILES string of the molecule is CC(C)CC(C)Nc1cc(C(F)(F)F)nc(N)n1. The molecule has 1 aromatic heterocycles. The monoisotopic (exact) mass is 262 g/mol. The van der Waals surface area contributed by atoms with Crippen molar-refractivity contribution in [1.29, 1.82) is 0 Å². The molecule has 1 atom stereocenters. The van der Waals surface area contributed by atoms with Crippen LogP contribution in [0.4, 0.5) is 24.9 Å². The van der Waals surface area contributed by atoms with Crippen LogP contribution in [-0.4, -0.2) is 16.0 Å². The van der Waals surface area contributed by atoms with Crippen LogP contribution in [-0.2, 0) is 6.18 Å². The predicted molar refractivity (Wildman–Crippen MR) is 64.0 cm³/mol. The summed E-state index contributed by atoms with van der Waals surface area (Å²) >= 11 is 0. The Bertz CT molecular complexity index is 404. The maximum Gasteiger partial charge on any atom is 0.433 e. The Morgan fingerprint density at radius 2 is 1.89 bits per heavy atom. The van der Waals surface area contributed by atoms with Gasteiger partial charge in [-0.2, -0.15) is 18.2 Å². The second kappa shape index (κ2) is 5.41. The van der Waals surface area contributed by atoms with E-state index < -0.39 is 11.9 Å². The smallest absolute Gasteiger partial charge is 0.368 e. The normalized spacial score (nSPS) is 13.7. The number of aromatic nitrogens is 2. The number of anilines is 2. The third-order valence-corrected chi connectivity index (χ3v) is 2.25. The number of hydrogen-bond acceptors (Lipinski definition) is 4. The Balaban J connectivity index is 2.87. The van der Waals surface area contributed by atoms with Gasteiger partial charge in [0.1, 0.15) is 5.82 Å². The highest BCUT2D eigenvalue weighted by Gasteiger charge is 2.33. The molecule has 7 heteroatoms. The highest BCUT2D eigenvalue weighted by Crippen LogP contribution is 2.29. The van der Waals surface area contributed by atoms with Crippen molar-refractivity contribution in [3.8, 4) is 0 Å². The van der Waals surface area contributed by atoms with Crippen molar-refractivity contribution in [1.82, 2.24) is 9.97 Å². The largest absolute Gasteiger partial charge is 0.433 e. The van der Waals surface area contributed by atoms with E-state index in [2.05, 4.69) is 15.3 Å². The summed E-state index contributed by atoms with van der Waals surface area (Å²) in [6.07, 6.45) is -3.69. The summed E-state index contributed by atoms with van der Waals surface area (Å²) in [5.41, 5.74) is 4.24. The zero-order valence-electron chi connectivity index (χ0n) is 10.5.